The molecule has 0 aromatic heterocycles. The SMILES string of the molecule is CN(C)c1ccc(C(=O)NCCCc2ccc(Cl)cc2)cc1. The van der Waals surface area contributed by atoms with Crippen molar-refractivity contribution in [2.45, 2.75) is 12.8 Å². The van der Waals surface area contributed by atoms with Crippen LogP contribution < -0.4 is 10.2 Å². The number of rotatable bonds is 6. The van der Waals surface area contributed by atoms with E-state index >= 15 is 0 Å². The van der Waals surface area contributed by atoms with Gasteiger partial charge in [0.2, 0.25) is 0 Å². The van der Waals surface area contributed by atoms with Crippen molar-refractivity contribution in [2.24, 2.45) is 0 Å². The fourth-order valence-electron chi connectivity index (χ4n) is 2.16. The van der Waals surface area contributed by atoms with Gasteiger partial charge < -0.3 is 10.2 Å². The second kappa shape index (κ2) is 7.85. The largest absolute Gasteiger partial charge is 0.378 e. The Balaban J connectivity index is 1.76. The predicted molar refractivity (Wildman–Crippen MR) is 92.9 cm³/mol. The van der Waals surface area contributed by atoms with E-state index in [0.29, 0.717) is 12.1 Å². The van der Waals surface area contributed by atoms with Crippen molar-refractivity contribution in [3.8, 4) is 0 Å². The number of anilines is 1. The molecule has 0 atom stereocenters. The van der Waals surface area contributed by atoms with Crippen LogP contribution in [0.3, 0.4) is 0 Å². The highest BCUT2D eigenvalue weighted by molar-refractivity contribution is 6.30. The molecule has 0 fully saturated rings. The smallest absolute Gasteiger partial charge is 0.251 e. The minimum Gasteiger partial charge on any atom is -0.378 e. The summed E-state index contributed by atoms with van der Waals surface area (Å²) in [5.41, 5.74) is 3.00. The molecule has 0 radical (unpaired) electrons. The van der Waals surface area contributed by atoms with E-state index in [-0.39, 0.29) is 5.91 Å². The third kappa shape index (κ3) is 4.78. The average molecular weight is 317 g/mol. The first-order valence-electron chi connectivity index (χ1n) is 7.36. The lowest BCUT2D eigenvalue weighted by Gasteiger charge is -2.12. The highest BCUT2D eigenvalue weighted by Gasteiger charge is 2.05. The number of aryl methyl sites for hydroxylation is 1. The number of amides is 1. The van der Waals surface area contributed by atoms with Crippen LogP contribution in [0.2, 0.25) is 5.02 Å². The molecule has 0 heterocycles. The summed E-state index contributed by atoms with van der Waals surface area (Å²) in [7, 11) is 3.96. The number of hydrogen-bond donors (Lipinski definition) is 1. The summed E-state index contributed by atoms with van der Waals surface area (Å²) in [5.74, 6) is -0.0265. The van der Waals surface area contributed by atoms with Crippen molar-refractivity contribution < 1.29 is 4.79 Å². The van der Waals surface area contributed by atoms with Crippen LogP contribution in [0, 0.1) is 0 Å². The number of benzene rings is 2. The number of nitrogens with zero attached hydrogens (tertiary/aromatic N) is 1. The Morgan fingerprint density at radius 3 is 2.27 bits per heavy atom. The second-order valence-corrected chi connectivity index (χ2v) is 5.86. The van der Waals surface area contributed by atoms with E-state index in [1.807, 2.05) is 67.5 Å². The van der Waals surface area contributed by atoms with Gasteiger partial charge in [0.1, 0.15) is 0 Å². The lowest BCUT2D eigenvalue weighted by Crippen LogP contribution is -2.24. The molecule has 1 N–H and O–H groups in total. The molecular formula is C18H21ClN2O. The highest BCUT2D eigenvalue weighted by Crippen LogP contribution is 2.12. The first-order chi connectivity index (χ1) is 10.6. The zero-order valence-corrected chi connectivity index (χ0v) is 13.7. The van der Waals surface area contributed by atoms with Gasteiger partial charge >= 0.3 is 0 Å². The quantitative estimate of drug-likeness (QED) is 0.823. The van der Waals surface area contributed by atoms with Crippen LogP contribution in [0.25, 0.3) is 0 Å². The van der Waals surface area contributed by atoms with E-state index in [1.165, 1.54) is 5.56 Å². The van der Waals surface area contributed by atoms with Crippen LogP contribution in [-0.4, -0.2) is 26.5 Å². The lowest BCUT2D eigenvalue weighted by atomic mass is 10.1. The minimum absolute atomic E-state index is 0.0265. The normalized spacial score (nSPS) is 10.3. The van der Waals surface area contributed by atoms with Gasteiger partial charge in [0.15, 0.2) is 0 Å². The summed E-state index contributed by atoms with van der Waals surface area (Å²) in [6.07, 6.45) is 1.83. The minimum atomic E-state index is -0.0265. The van der Waals surface area contributed by atoms with Gasteiger partial charge in [0.05, 0.1) is 0 Å². The Morgan fingerprint density at radius 2 is 1.68 bits per heavy atom. The first-order valence-corrected chi connectivity index (χ1v) is 7.74. The molecule has 0 aliphatic rings. The van der Waals surface area contributed by atoms with E-state index in [1.54, 1.807) is 0 Å². The van der Waals surface area contributed by atoms with Crippen molar-refractivity contribution in [1.82, 2.24) is 5.32 Å². The molecule has 2 aromatic rings. The summed E-state index contributed by atoms with van der Waals surface area (Å²) in [5, 5.41) is 3.70. The molecule has 0 saturated heterocycles. The molecule has 2 rings (SSSR count). The van der Waals surface area contributed by atoms with Gasteiger partial charge in [-0.25, -0.2) is 0 Å². The Kier molecular flexibility index (Phi) is 5.84. The first kappa shape index (κ1) is 16.4. The Hall–Kier alpha value is -2.00. The molecule has 3 nitrogen and oxygen atoms in total. The predicted octanol–water partition coefficient (Wildman–Crippen LogP) is 3.77. The molecule has 2 aromatic carbocycles. The van der Waals surface area contributed by atoms with Gasteiger partial charge in [-0.1, -0.05) is 23.7 Å². The van der Waals surface area contributed by atoms with Gasteiger partial charge in [0.25, 0.3) is 5.91 Å². The van der Waals surface area contributed by atoms with Crippen molar-refractivity contribution >= 4 is 23.2 Å². The second-order valence-electron chi connectivity index (χ2n) is 5.43. The zero-order valence-electron chi connectivity index (χ0n) is 13.0. The maximum Gasteiger partial charge on any atom is 0.251 e. The van der Waals surface area contributed by atoms with E-state index in [0.717, 1.165) is 23.6 Å². The number of carbonyl (C=O) groups excluding carboxylic acids is 1. The number of halogens is 1. The van der Waals surface area contributed by atoms with Crippen molar-refractivity contribution in [3.63, 3.8) is 0 Å². The monoisotopic (exact) mass is 316 g/mol. The number of nitrogens with one attached hydrogen (secondary N) is 1. The van der Waals surface area contributed by atoms with Crippen LogP contribution >= 0.6 is 11.6 Å². The molecule has 4 heteroatoms. The van der Waals surface area contributed by atoms with E-state index in [9.17, 15) is 4.79 Å². The molecule has 22 heavy (non-hydrogen) atoms. The summed E-state index contributed by atoms with van der Waals surface area (Å²) >= 11 is 5.85. The summed E-state index contributed by atoms with van der Waals surface area (Å²) in [6, 6.07) is 15.4. The van der Waals surface area contributed by atoms with Gasteiger partial charge in [-0.2, -0.15) is 0 Å². The Labute approximate surface area is 136 Å². The number of hydrogen-bond acceptors (Lipinski definition) is 2. The summed E-state index contributed by atoms with van der Waals surface area (Å²) in [4.78, 5) is 14.0. The van der Waals surface area contributed by atoms with Crippen molar-refractivity contribution in [3.05, 3.63) is 64.7 Å². The fourth-order valence-corrected chi connectivity index (χ4v) is 2.28. The third-order valence-electron chi connectivity index (χ3n) is 3.49. The molecule has 0 spiro atoms. The molecule has 0 bridgehead atoms. The molecule has 0 unspecified atom stereocenters. The third-order valence-corrected chi connectivity index (χ3v) is 3.74. The van der Waals surface area contributed by atoms with Crippen LogP contribution in [0.5, 0.6) is 0 Å². The topological polar surface area (TPSA) is 32.3 Å². The van der Waals surface area contributed by atoms with Gasteiger partial charge in [-0.15, -0.1) is 0 Å². The maximum atomic E-state index is 12.0. The van der Waals surface area contributed by atoms with Crippen LogP contribution in [0.1, 0.15) is 22.3 Å². The van der Waals surface area contributed by atoms with Crippen molar-refractivity contribution in [1.29, 1.82) is 0 Å². The van der Waals surface area contributed by atoms with Crippen LogP contribution in [0.4, 0.5) is 5.69 Å². The van der Waals surface area contributed by atoms with E-state index in [4.69, 9.17) is 11.6 Å². The van der Waals surface area contributed by atoms with E-state index in [2.05, 4.69) is 5.32 Å². The Morgan fingerprint density at radius 1 is 1.05 bits per heavy atom. The summed E-state index contributed by atoms with van der Waals surface area (Å²) < 4.78 is 0. The molecular weight excluding hydrogens is 296 g/mol. The highest BCUT2D eigenvalue weighted by atomic mass is 35.5. The Bertz CT molecular complexity index is 606. The lowest BCUT2D eigenvalue weighted by molar-refractivity contribution is 0.0953. The van der Waals surface area contributed by atoms with Crippen LogP contribution in [-0.2, 0) is 6.42 Å². The standard InChI is InChI=1S/C18H21ClN2O/c1-21(2)17-11-7-15(8-12-17)18(22)20-13-3-4-14-5-9-16(19)10-6-14/h5-12H,3-4,13H2,1-2H3,(H,20,22). The average Bonchev–Trinajstić information content (AvgIpc) is 2.53. The van der Waals surface area contributed by atoms with Crippen molar-refractivity contribution in [2.75, 3.05) is 25.5 Å². The van der Waals surface area contributed by atoms with Gasteiger partial charge in [-0.3, -0.25) is 4.79 Å². The molecule has 0 aliphatic carbocycles. The fraction of sp³-hybridized carbons (Fsp3) is 0.278. The van der Waals surface area contributed by atoms with Gasteiger partial charge in [0, 0.05) is 36.9 Å². The molecule has 0 saturated carbocycles. The molecule has 116 valence electrons. The zero-order chi connectivity index (χ0) is 15.9. The summed E-state index contributed by atoms with van der Waals surface area (Å²) in [6.45, 7) is 0.664. The van der Waals surface area contributed by atoms with Crippen LogP contribution in [0.15, 0.2) is 48.5 Å². The molecule has 0 aliphatic heterocycles. The van der Waals surface area contributed by atoms with Gasteiger partial charge in [-0.05, 0) is 54.8 Å². The number of carbonyl (C=O) groups is 1. The van der Waals surface area contributed by atoms with E-state index < -0.39 is 0 Å². The molecule has 1 amide bonds. The maximum absolute atomic E-state index is 12.0.